The van der Waals surface area contributed by atoms with Gasteiger partial charge < -0.3 is 5.32 Å². The number of nitrogens with one attached hydrogen (secondary N) is 1. The summed E-state index contributed by atoms with van der Waals surface area (Å²) in [5.41, 5.74) is 0.611. The Morgan fingerprint density at radius 2 is 1.83 bits per heavy atom. The molecule has 3 nitrogen and oxygen atoms in total. The normalized spacial score (nSPS) is 14.7. The van der Waals surface area contributed by atoms with Crippen molar-refractivity contribution in [2.24, 2.45) is 0 Å². The number of aromatic nitrogens is 1. The molecule has 1 amide bonds. The lowest BCUT2D eigenvalue weighted by Crippen LogP contribution is -2.19. The van der Waals surface area contributed by atoms with Crippen LogP contribution in [0.3, 0.4) is 0 Å². The first kappa shape index (κ1) is 17.4. The average molecular weight is 370 g/mol. The van der Waals surface area contributed by atoms with Gasteiger partial charge in [-0.3, -0.25) is 4.79 Å². The first-order valence-corrected chi connectivity index (χ1v) is 8.91. The van der Waals surface area contributed by atoms with Crippen LogP contribution in [-0.2, 0) is 11.3 Å². The Kier molecular flexibility index (Phi) is 3.81. The van der Waals surface area contributed by atoms with Crippen molar-refractivity contribution < 1.29 is 24.2 Å². The van der Waals surface area contributed by atoms with Crippen molar-refractivity contribution in [3.05, 3.63) is 47.3 Å². The summed E-state index contributed by atoms with van der Waals surface area (Å²) in [6.07, 6.45) is 1.09. The Labute approximate surface area is 132 Å². The van der Waals surface area contributed by atoms with E-state index in [1.165, 1.54) is 11.3 Å². The van der Waals surface area contributed by atoms with E-state index in [1.54, 1.807) is 5.38 Å². The van der Waals surface area contributed by atoms with Crippen LogP contribution in [0.15, 0.2) is 47.2 Å². The largest absolute Gasteiger partial charge is 0.346 e. The van der Waals surface area contributed by atoms with E-state index in [1.807, 2.05) is 0 Å². The minimum absolute atomic E-state index is 0.138. The molecule has 126 valence electrons. The molecule has 23 heavy (non-hydrogen) atoms. The quantitative estimate of drug-likeness (QED) is 0.575. The van der Waals surface area contributed by atoms with E-state index in [0.717, 1.165) is 18.2 Å². The molecular formula is C13H11F5N2OS2. The summed E-state index contributed by atoms with van der Waals surface area (Å²) in [5, 5.41) is 4.58. The van der Waals surface area contributed by atoms with Crippen LogP contribution < -0.4 is 5.32 Å². The molecule has 0 unspecified atom stereocenters. The number of carbonyl (C=O) groups excluding carboxylic acids is 1. The maximum atomic E-state index is 12.6. The molecule has 1 aromatic carbocycles. The zero-order chi connectivity index (χ0) is 17.4. The van der Waals surface area contributed by atoms with Gasteiger partial charge in [-0.2, -0.15) is 0 Å². The molecule has 0 aliphatic heterocycles. The number of carbonyl (C=O) groups is 1. The Bertz CT molecular complexity index is 753. The molecular weight excluding hydrogens is 359 g/mol. The van der Waals surface area contributed by atoms with Gasteiger partial charge in [0.25, 0.3) is 0 Å². The van der Waals surface area contributed by atoms with E-state index in [9.17, 15) is 24.2 Å². The van der Waals surface area contributed by atoms with Gasteiger partial charge in [-0.1, -0.05) is 38.1 Å². The maximum Gasteiger partial charge on any atom is 0.310 e. The third kappa shape index (κ3) is 4.52. The minimum Gasteiger partial charge on any atom is -0.346 e. The maximum absolute atomic E-state index is 12.6. The van der Waals surface area contributed by atoms with Crippen LogP contribution in [0.25, 0.3) is 11.3 Å². The SMILES string of the molecule is C=CC(=O)NCc1nc(-c2ccc(S(F)(F)(F)(F)F)cc2)cs1. The molecule has 2 aromatic rings. The molecule has 0 radical (unpaired) electrons. The Morgan fingerprint density at radius 1 is 1.22 bits per heavy atom. The molecule has 0 spiro atoms. The monoisotopic (exact) mass is 370 g/mol. The number of nitrogens with zero attached hydrogens (tertiary/aromatic N) is 1. The second-order valence-corrected chi connectivity index (χ2v) is 7.89. The van der Waals surface area contributed by atoms with Crippen molar-refractivity contribution in [3.8, 4) is 11.3 Å². The van der Waals surface area contributed by atoms with Crippen molar-refractivity contribution in [2.75, 3.05) is 0 Å². The van der Waals surface area contributed by atoms with E-state index in [-0.39, 0.29) is 18.0 Å². The van der Waals surface area contributed by atoms with Crippen LogP contribution in [0, 0.1) is 0 Å². The predicted octanol–water partition coefficient (Wildman–Crippen LogP) is 5.27. The van der Waals surface area contributed by atoms with Crippen LogP contribution >= 0.6 is 21.6 Å². The molecule has 10 heteroatoms. The summed E-state index contributed by atoms with van der Waals surface area (Å²) in [6.45, 7) is 3.42. The standard InChI is InChI=1S/C13H11F5N2OS2/c1-2-12(21)19-7-13-20-11(8-22-13)9-3-5-10(6-4-9)23(14,15,16,17)18/h2-6,8H,1,7H2,(H,19,21). The predicted molar refractivity (Wildman–Crippen MR) is 81.0 cm³/mol. The zero-order valence-corrected chi connectivity index (χ0v) is 13.1. The highest BCUT2D eigenvalue weighted by Gasteiger charge is 2.65. The topological polar surface area (TPSA) is 42.0 Å². The lowest BCUT2D eigenvalue weighted by atomic mass is 10.2. The molecule has 0 bridgehead atoms. The van der Waals surface area contributed by atoms with Gasteiger partial charge in [0.05, 0.1) is 12.2 Å². The van der Waals surface area contributed by atoms with Crippen LogP contribution in [0.1, 0.15) is 5.01 Å². The second-order valence-electron chi connectivity index (χ2n) is 4.54. The fraction of sp³-hybridized carbons (Fsp3) is 0.0769. The first-order chi connectivity index (χ1) is 10.4. The minimum atomic E-state index is -9.66. The Hall–Kier alpha value is -1.94. The number of hydrogen-bond donors (Lipinski definition) is 1. The van der Waals surface area contributed by atoms with Crippen LogP contribution in [0.5, 0.6) is 0 Å². The number of thiazole rings is 1. The van der Waals surface area contributed by atoms with Crippen LogP contribution in [0.4, 0.5) is 19.4 Å². The van der Waals surface area contributed by atoms with E-state index >= 15 is 0 Å². The summed E-state index contributed by atoms with van der Waals surface area (Å²) >= 11 is 1.18. The fourth-order valence-electron chi connectivity index (χ4n) is 1.64. The fourth-order valence-corrected chi connectivity index (χ4v) is 3.04. The van der Waals surface area contributed by atoms with E-state index in [0.29, 0.717) is 22.8 Å². The van der Waals surface area contributed by atoms with Gasteiger partial charge in [-0.15, -0.1) is 11.3 Å². The number of amides is 1. The van der Waals surface area contributed by atoms with Crippen molar-refractivity contribution in [1.82, 2.24) is 10.3 Å². The Balaban J connectivity index is 2.20. The molecule has 0 fully saturated rings. The average Bonchev–Trinajstić information content (AvgIpc) is 2.91. The third-order valence-corrected chi connectivity index (χ3v) is 4.76. The van der Waals surface area contributed by atoms with E-state index in [2.05, 4.69) is 16.9 Å². The lowest BCUT2D eigenvalue weighted by molar-refractivity contribution is -0.116. The van der Waals surface area contributed by atoms with Gasteiger partial charge in [0.1, 0.15) is 9.90 Å². The zero-order valence-electron chi connectivity index (χ0n) is 11.4. The molecule has 1 heterocycles. The summed E-state index contributed by atoms with van der Waals surface area (Å²) < 4.78 is 63.2. The van der Waals surface area contributed by atoms with Crippen molar-refractivity contribution >= 4 is 27.5 Å². The van der Waals surface area contributed by atoms with Crippen molar-refractivity contribution in [2.45, 2.75) is 11.4 Å². The van der Waals surface area contributed by atoms with Crippen LogP contribution in [-0.4, -0.2) is 10.9 Å². The van der Waals surface area contributed by atoms with Gasteiger partial charge in [-0.25, -0.2) is 4.98 Å². The molecule has 0 saturated heterocycles. The molecule has 0 atom stereocenters. The highest BCUT2D eigenvalue weighted by atomic mass is 32.5. The van der Waals surface area contributed by atoms with Crippen LogP contribution in [0.2, 0.25) is 0 Å². The number of halogens is 5. The van der Waals surface area contributed by atoms with Gasteiger partial charge in [0.2, 0.25) is 5.91 Å². The lowest BCUT2D eigenvalue weighted by Gasteiger charge is -2.40. The molecule has 2 rings (SSSR count). The van der Waals surface area contributed by atoms with E-state index in [4.69, 9.17) is 0 Å². The summed E-state index contributed by atoms with van der Waals surface area (Å²) in [4.78, 5) is 13.2. The Morgan fingerprint density at radius 3 is 2.35 bits per heavy atom. The smallest absolute Gasteiger partial charge is 0.310 e. The molecule has 0 aliphatic rings. The van der Waals surface area contributed by atoms with Crippen molar-refractivity contribution in [3.63, 3.8) is 0 Å². The van der Waals surface area contributed by atoms with E-state index < -0.39 is 15.1 Å². The second kappa shape index (κ2) is 5.03. The number of rotatable bonds is 5. The van der Waals surface area contributed by atoms with Gasteiger partial charge in [0.15, 0.2) is 0 Å². The summed E-state index contributed by atoms with van der Waals surface area (Å²) in [6, 6.07) is 2.56. The molecule has 0 aliphatic carbocycles. The molecule has 0 saturated carbocycles. The highest BCUT2D eigenvalue weighted by molar-refractivity contribution is 8.45. The van der Waals surface area contributed by atoms with Gasteiger partial charge in [0, 0.05) is 10.9 Å². The first-order valence-electron chi connectivity index (χ1n) is 6.08. The van der Waals surface area contributed by atoms with Gasteiger partial charge in [-0.05, 0) is 18.2 Å². The number of hydrogen-bond acceptors (Lipinski definition) is 3. The highest BCUT2D eigenvalue weighted by Crippen LogP contribution is 3.02. The van der Waals surface area contributed by atoms with Gasteiger partial charge >= 0.3 is 10.2 Å². The third-order valence-electron chi connectivity index (χ3n) is 2.75. The summed E-state index contributed by atoms with van der Waals surface area (Å²) in [5.74, 6) is -0.387. The summed E-state index contributed by atoms with van der Waals surface area (Å²) in [7, 11) is -9.66. The molecule has 1 aromatic heterocycles. The number of benzene rings is 1. The molecule has 1 N–H and O–H groups in total. The van der Waals surface area contributed by atoms with Crippen molar-refractivity contribution in [1.29, 1.82) is 0 Å².